The molecule has 3 aliphatic rings. The summed E-state index contributed by atoms with van der Waals surface area (Å²) in [4.78, 5) is 10.1. The van der Waals surface area contributed by atoms with Gasteiger partial charge in [-0.2, -0.15) is 0 Å². The molecule has 2 heteroatoms. The molecule has 0 bridgehead atoms. The van der Waals surface area contributed by atoms with E-state index in [0.717, 1.165) is 59.6 Å². The van der Waals surface area contributed by atoms with Crippen LogP contribution in [0.3, 0.4) is 0 Å². The van der Waals surface area contributed by atoms with Gasteiger partial charge in [-0.1, -0.05) is 166 Å². The third-order valence-corrected chi connectivity index (χ3v) is 11.8. The maximum Gasteiger partial charge on any atom is 0.160 e. The fourth-order valence-electron chi connectivity index (χ4n) is 8.83. The standard InChI is InChI=1S/C53H42N2/c1-53(2)48-19-10-9-17-46(48)47-31-29-42(33-49(47)53)36-22-20-35(21-23-36)41-28-30-45-43(32-41)16-11-18-44(45)37-24-26-40(27-25-37)52-54-50(38-12-5-3-6-13-38)34-51(55-52)39-14-7-4-8-15-39/h3,5-7,10-16,18-34H,4,8-9,17H2,1-2H3. The number of hydrogen-bond acceptors (Lipinski definition) is 2. The van der Waals surface area contributed by atoms with E-state index in [1.807, 2.05) is 6.07 Å². The lowest BCUT2D eigenvalue weighted by molar-refractivity contribution is 0.651. The second-order valence-electron chi connectivity index (χ2n) is 15.6. The summed E-state index contributed by atoms with van der Waals surface area (Å²) in [7, 11) is 0. The Morgan fingerprint density at radius 1 is 0.491 bits per heavy atom. The van der Waals surface area contributed by atoms with Crippen molar-refractivity contribution in [1.82, 2.24) is 9.97 Å². The molecule has 1 aromatic heterocycles. The highest BCUT2D eigenvalue weighted by molar-refractivity contribution is 5.99. The highest BCUT2D eigenvalue weighted by Crippen LogP contribution is 2.50. The smallest absolute Gasteiger partial charge is 0.160 e. The zero-order valence-electron chi connectivity index (χ0n) is 31.4. The Bertz CT molecular complexity index is 2740. The van der Waals surface area contributed by atoms with E-state index < -0.39 is 0 Å². The maximum absolute atomic E-state index is 5.06. The molecule has 0 fully saturated rings. The fourth-order valence-corrected chi connectivity index (χ4v) is 8.83. The highest BCUT2D eigenvalue weighted by Gasteiger charge is 2.37. The van der Waals surface area contributed by atoms with E-state index in [2.05, 4.69) is 178 Å². The normalized spacial score (nSPS) is 15.6. The number of nitrogens with zero attached hydrogens (tertiary/aromatic N) is 2. The summed E-state index contributed by atoms with van der Waals surface area (Å²) in [5.74, 6) is 0.740. The number of fused-ring (bicyclic) bond motifs is 3. The van der Waals surface area contributed by atoms with Crippen LogP contribution in [0.15, 0.2) is 175 Å². The van der Waals surface area contributed by atoms with Crippen LogP contribution in [-0.2, 0) is 5.41 Å². The third kappa shape index (κ3) is 5.99. The van der Waals surface area contributed by atoms with Crippen LogP contribution >= 0.6 is 0 Å². The van der Waals surface area contributed by atoms with Crippen LogP contribution in [-0.4, -0.2) is 9.97 Å². The Kier molecular flexibility index (Phi) is 8.14. The Morgan fingerprint density at radius 3 is 1.96 bits per heavy atom. The molecule has 1 heterocycles. The molecule has 0 atom stereocenters. The molecule has 10 rings (SSSR count). The number of allylic oxidation sites excluding steroid dienone is 8. The molecule has 0 saturated heterocycles. The Hall–Kier alpha value is -6.38. The number of aromatic nitrogens is 2. The van der Waals surface area contributed by atoms with Crippen LogP contribution in [0.25, 0.3) is 77.9 Å². The minimum absolute atomic E-state index is 0.0425. The van der Waals surface area contributed by atoms with E-state index in [-0.39, 0.29) is 5.41 Å². The third-order valence-electron chi connectivity index (χ3n) is 11.8. The van der Waals surface area contributed by atoms with Crippen LogP contribution in [0, 0.1) is 0 Å². The first kappa shape index (κ1) is 33.2. The van der Waals surface area contributed by atoms with Crippen LogP contribution in [0.2, 0.25) is 0 Å². The first-order chi connectivity index (χ1) is 27.0. The van der Waals surface area contributed by atoms with E-state index in [1.165, 1.54) is 60.9 Å². The molecule has 0 unspecified atom stereocenters. The van der Waals surface area contributed by atoms with Gasteiger partial charge in [0.2, 0.25) is 0 Å². The van der Waals surface area contributed by atoms with Crippen LogP contribution in [0.4, 0.5) is 0 Å². The molecule has 0 radical (unpaired) electrons. The Labute approximate surface area is 324 Å². The van der Waals surface area contributed by atoms with Gasteiger partial charge in [-0.15, -0.1) is 0 Å². The highest BCUT2D eigenvalue weighted by atomic mass is 14.9. The molecule has 7 aromatic rings. The molecule has 3 aliphatic carbocycles. The molecule has 0 spiro atoms. The molecular formula is C53H42N2. The van der Waals surface area contributed by atoms with Gasteiger partial charge in [-0.25, -0.2) is 9.97 Å². The molecule has 0 saturated carbocycles. The second kappa shape index (κ2) is 13.5. The molecule has 0 aliphatic heterocycles. The average Bonchev–Trinajstić information content (AvgIpc) is 3.49. The SMILES string of the molecule is CC1(C)C2=C(CCC=C2)c2ccc(-c3ccc(-c4ccc5c(-c6ccc(-c7nc(C8=CCCC=C8)cc(-c8ccccc8)n7)cc6)cccc5c4)cc3)cc21. The van der Waals surface area contributed by atoms with Gasteiger partial charge in [-0.3, -0.25) is 0 Å². The molecule has 2 nitrogen and oxygen atoms in total. The second-order valence-corrected chi connectivity index (χ2v) is 15.6. The summed E-state index contributed by atoms with van der Waals surface area (Å²) in [6, 6.07) is 50.9. The Balaban J connectivity index is 0.926. The summed E-state index contributed by atoms with van der Waals surface area (Å²) < 4.78 is 0. The van der Waals surface area contributed by atoms with Gasteiger partial charge in [-0.05, 0) is 116 Å². The first-order valence-electron chi connectivity index (χ1n) is 19.6. The maximum atomic E-state index is 5.06. The van der Waals surface area contributed by atoms with E-state index in [1.54, 1.807) is 5.57 Å². The van der Waals surface area contributed by atoms with Crippen molar-refractivity contribution in [2.45, 2.75) is 44.9 Å². The average molecular weight is 707 g/mol. The summed E-state index contributed by atoms with van der Waals surface area (Å²) >= 11 is 0. The number of benzene rings is 6. The zero-order valence-corrected chi connectivity index (χ0v) is 31.4. The van der Waals surface area contributed by atoms with Crippen LogP contribution in [0.5, 0.6) is 0 Å². The van der Waals surface area contributed by atoms with Crippen molar-refractivity contribution in [3.05, 3.63) is 192 Å². The monoisotopic (exact) mass is 706 g/mol. The predicted molar refractivity (Wildman–Crippen MR) is 231 cm³/mol. The first-order valence-corrected chi connectivity index (χ1v) is 19.6. The van der Waals surface area contributed by atoms with Crippen molar-refractivity contribution < 1.29 is 0 Å². The minimum Gasteiger partial charge on any atom is -0.228 e. The van der Waals surface area contributed by atoms with E-state index in [9.17, 15) is 0 Å². The van der Waals surface area contributed by atoms with Gasteiger partial charge in [0.15, 0.2) is 5.82 Å². The topological polar surface area (TPSA) is 25.8 Å². The van der Waals surface area contributed by atoms with Crippen molar-refractivity contribution >= 4 is 21.9 Å². The largest absolute Gasteiger partial charge is 0.228 e. The molecule has 0 N–H and O–H groups in total. The lowest BCUT2D eigenvalue weighted by atomic mass is 9.79. The van der Waals surface area contributed by atoms with Gasteiger partial charge in [0, 0.05) is 16.5 Å². The molecule has 55 heavy (non-hydrogen) atoms. The van der Waals surface area contributed by atoms with Crippen molar-refractivity contribution in [2.24, 2.45) is 0 Å². The fraction of sp³-hybridized carbons (Fsp3) is 0.132. The lowest BCUT2D eigenvalue weighted by Gasteiger charge is -2.24. The van der Waals surface area contributed by atoms with Crippen molar-refractivity contribution in [3.8, 4) is 56.0 Å². The summed E-state index contributed by atoms with van der Waals surface area (Å²) in [6.07, 6.45) is 15.8. The minimum atomic E-state index is 0.0425. The van der Waals surface area contributed by atoms with E-state index >= 15 is 0 Å². The van der Waals surface area contributed by atoms with E-state index in [0.29, 0.717) is 0 Å². The lowest BCUT2D eigenvalue weighted by Crippen LogP contribution is -2.16. The molecule has 0 amide bonds. The molecule has 264 valence electrons. The van der Waals surface area contributed by atoms with Crippen molar-refractivity contribution in [3.63, 3.8) is 0 Å². The quantitative estimate of drug-likeness (QED) is 0.172. The van der Waals surface area contributed by atoms with E-state index in [4.69, 9.17) is 9.97 Å². The number of hydrogen-bond donors (Lipinski definition) is 0. The van der Waals surface area contributed by atoms with Gasteiger partial charge in [0.25, 0.3) is 0 Å². The van der Waals surface area contributed by atoms with Crippen molar-refractivity contribution in [1.29, 1.82) is 0 Å². The molecule has 6 aromatic carbocycles. The van der Waals surface area contributed by atoms with Gasteiger partial charge in [0.1, 0.15) is 0 Å². The van der Waals surface area contributed by atoms with Crippen LogP contribution < -0.4 is 0 Å². The van der Waals surface area contributed by atoms with Gasteiger partial charge in [0.05, 0.1) is 11.4 Å². The van der Waals surface area contributed by atoms with Crippen molar-refractivity contribution in [2.75, 3.05) is 0 Å². The summed E-state index contributed by atoms with van der Waals surface area (Å²) in [6.45, 7) is 4.75. The van der Waals surface area contributed by atoms with Crippen LogP contribution in [0.1, 0.15) is 56.4 Å². The molecular weight excluding hydrogens is 665 g/mol. The zero-order chi connectivity index (χ0) is 36.9. The Morgan fingerprint density at radius 2 is 1.18 bits per heavy atom. The van der Waals surface area contributed by atoms with Gasteiger partial charge < -0.3 is 0 Å². The predicted octanol–water partition coefficient (Wildman–Crippen LogP) is 14.1. The summed E-state index contributed by atoms with van der Waals surface area (Å²) in [5.41, 5.74) is 18.5. The summed E-state index contributed by atoms with van der Waals surface area (Å²) in [5, 5.41) is 2.47. The van der Waals surface area contributed by atoms with Gasteiger partial charge >= 0.3 is 0 Å². The number of rotatable bonds is 6.